The van der Waals surface area contributed by atoms with Crippen molar-refractivity contribution in [3.8, 4) is 5.75 Å². The molecule has 1 aromatic heterocycles. The van der Waals surface area contributed by atoms with Crippen LogP contribution in [0.3, 0.4) is 0 Å². The second-order valence-corrected chi connectivity index (χ2v) is 6.42. The topological polar surface area (TPSA) is 97.3 Å². The van der Waals surface area contributed by atoms with Crippen LogP contribution in [0.15, 0.2) is 36.4 Å². The smallest absolute Gasteiger partial charge is 0.263 e. The molecule has 0 bridgehead atoms. The highest BCUT2D eigenvalue weighted by Gasteiger charge is 2.32. The summed E-state index contributed by atoms with van der Waals surface area (Å²) < 4.78 is 7.02. The van der Waals surface area contributed by atoms with E-state index in [-0.39, 0.29) is 30.4 Å². The molecule has 1 aliphatic heterocycles. The van der Waals surface area contributed by atoms with E-state index < -0.39 is 6.29 Å². The molecule has 8 heteroatoms. The molecule has 1 aromatic carbocycles. The number of aromatic nitrogens is 2. The predicted octanol–water partition coefficient (Wildman–Crippen LogP) is 1.41. The highest BCUT2D eigenvalue weighted by atomic mass is 16.5. The van der Waals surface area contributed by atoms with Crippen LogP contribution in [-0.4, -0.2) is 34.2 Å². The molecule has 138 valence electrons. The van der Waals surface area contributed by atoms with Crippen LogP contribution in [0.4, 0.5) is 5.82 Å². The lowest BCUT2D eigenvalue weighted by Gasteiger charge is -2.34. The molecule has 1 fully saturated rings. The summed E-state index contributed by atoms with van der Waals surface area (Å²) in [7, 11) is 0. The van der Waals surface area contributed by atoms with Gasteiger partial charge in [-0.05, 0) is 26.0 Å². The van der Waals surface area contributed by atoms with Gasteiger partial charge in [0, 0.05) is 12.1 Å². The monoisotopic (exact) mass is 357 g/mol. The van der Waals surface area contributed by atoms with Gasteiger partial charge >= 0.3 is 0 Å². The first-order chi connectivity index (χ1) is 12.4. The first-order valence-corrected chi connectivity index (χ1v) is 8.54. The van der Waals surface area contributed by atoms with Crippen molar-refractivity contribution >= 4 is 17.6 Å². The number of carbonyl (C=O) groups excluding carboxylic acids is 2. The number of nitrogens with zero attached hydrogens (tertiary/aromatic N) is 2. The third-order valence-corrected chi connectivity index (χ3v) is 4.35. The molecule has 0 radical (unpaired) electrons. The second kappa shape index (κ2) is 7.57. The number of para-hydroxylation sites is 1. The van der Waals surface area contributed by atoms with Crippen LogP contribution in [-0.2, 0) is 9.59 Å². The third-order valence-electron chi connectivity index (χ3n) is 4.35. The number of ether oxygens (including phenoxy) is 1. The Hall–Kier alpha value is -2.87. The number of aryl methyl sites for hydroxylation is 1. The first-order valence-electron chi connectivity index (χ1n) is 8.54. The van der Waals surface area contributed by atoms with E-state index in [1.807, 2.05) is 39.0 Å². The van der Waals surface area contributed by atoms with E-state index >= 15 is 0 Å². The summed E-state index contributed by atoms with van der Waals surface area (Å²) in [5.41, 5.74) is 0.728. The largest absolute Gasteiger partial charge is 0.484 e. The molecular weight excluding hydrogens is 334 g/mol. The minimum absolute atomic E-state index is 0.0109. The number of amides is 2. The number of anilines is 1. The summed E-state index contributed by atoms with van der Waals surface area (Å²) in [6, 6.07) is 10.9. The molecular formula is C18H23N5O3. The lowest BCUT2D eigenvalue weighted by Crippen LogP contribution is -2.57. The molecule has 3 atom stereocenters. The molecule has 0 aliphatic carbocycles. The Balaban J connectivity index is 1.67. The molecule has 3 N–H and O–H groups in total. The van der Waals surface area contributed by atoms with Crippen molar-refractivity contribution < 1.29 is 14.3 Å². The van der Waals surface area contributed by atoms with E-state index in [1.54, 1.807) is 22.9 Å². The highest BCUT2D eigenvalue weighted by Crippen LogP contribution is 2.19. The second-order valence-electron chi connectivity index (χ2n) is 6.42. The molecule has 1 aliphatic rings. The van der Waals surface area contributed by atoms with Gasteiger partial charge in [-0.15, -0.1) is 0 Å². The van der Waals surface area contributed by atoms with Crippen LogP contribution in [0, 0.1) is 12.8 Å². The van der Waals surface area contributed by atoms with Gasteiger partial charge in [-0.1, -0.05) is 25.1 Å². The van der Waals surface area contributed by atoms with Crippen molar-refractivity contribution in [3.63, 3.8) is 0 Å². The van der Waals surface area contributed by atoms with Crippen LogP contribution in [0.1, 0.15) is 25.8 Å². The summed E-state index contributed by atoms with van der Waals surface area (Å²) in [6.45, 7) is 5.51. The number of benzene rings is 1. The van der Waals surface area contributed by atoms with Gasteiger partial charge in [-0.2, -0.15) is 5.10 Å². The standard InChI is InChI=1S/C18H23N5O3/c1-11-9-15(20-16(24)10-26-14-7-5-4-6-8-14)23(22-11)18-19-13(3)12(2)17(25)21-18/h4-9,12-13,18-19H,10H2,1-3H3,(H,20,24)(H,21,25). The summed E-state index contributed by atoms with van der Waals surface area (Å²) in [4.78, 5) is 24.3. The van der Waals surface area contributed by atoms with Crippen LogP contribution in [0.5, 0.6) is 5.75 Å². The number of rotatable bonds is 5. The highest BCUT2D eigenvalue weighted by molar-refractivity contribution is 5.91. The first kappa shape index (κ1) is 17.9. The van der Waals surface area contributed by atoms with Gasteiger partial charge in [0.15, 0.2) is 12.9 Å². The Bertz CT molecular complexity index is 789. The van der Waals surface area contributed by atoms with Gasteiger partial charge in [0.1, 0.15) is 11.6 Å². The van der Waals surface area contributed by atoms with E-state index in [4.69, 9.17) is 4.74 Å². The maximum absolute atomic E-state index is 12.2. The Morgan fingerprint density at radius 2 is 2.04 bits per heavy atom. The van der Waals surface area contributed by atoms with E-state index in [9.17, 15) is 9.59 Å². The molecule has 8 nitrogen and oxygen atoms in total. The molecule has 26 heavy (non-hydrogen) atoms. The quantitative estimate of drug-likeness (QED) is 0.752. The Morgan fingerprint density at radius 3 is 2.73 bits per heavy atom. The Labute approximate surface area is 151 Å². The van der Waals surface area contributed by atoms with E-state index in [0.29, 0.717) is 11.6 Å². The third kappa shape index (κ3) is 4.02. The van der Waals surface area contributed by atoms with Crippen LogP contribution < -0.4 is 20.7 Å². The van der Waals surface area contributed by atoms with Crippen molar-refractivity contribution in [3.05, 3.63) is 42.1 Å². The van der Waals surface area contributed by atoms with Gasteiger partial charge in [0.25, 0.3) is 5.91 Å². The van der Waals surface area contributed by atoms with E-state index in [0.717, 1.165) is 5.69 Å². The number of hydrogen-bond acceptors (Lipinski definition) is 5. The molecule has 2 amide bonds. The zero-order valence-corrected chi connectivity index (χ0v) is 15.0. The van der Waals surface area contributed by atoms with Crippen molar-refractivity contribution in [1.82, 2.24) is 20.4 Å². The minimum Gasteiger partial charge on any atom is -0.484 e. The normalized spacial score (nSPS) is 22.6. The van der Waals surface area contributed by atoms with Crippen molar-refractivity contribution in [2.45, 2.75) is 33.1 Å². The molecule has 3 rings (SSSR count). The van der Waals surface area contributed by atoms with E-state index in [2.05, 4.69) is 21.0 Å². The minimum atomic E-state index is -0.521. The maximum Gasteiger partial charge on any atom is 0.263 e. The summed E-state index contributed by atoms with van der Waals surface area (Å²) in [6.07, 6.45) is -0.521. The molecule has 2 aromatic rings. The summed E-state index contributed by atoms with van der Waals surface area (Å²) >= 11 is 0. The Kier molecular flexibility index (Phi) is 5.22. The average molecular weight is 357 g/mol. The maximum atomic E-state index is 12.2. The lowest BCUT2D eigenvalue weighted by molar-refractivity contribution is -0.130. The molecule has 3 unspecified atom stereocenters. The van der Waals surface area contributed by atoms with E-state index in [1.165, 1.54) is 0 Å². The van der Waals surface area contributed by atoms with Crippen LogP contribution >= 0.6 is 0 Å². The van der Waals surface area contributed by atoms with Gasteiger partial charge in [-0.25, -0.2) is 4.68 Å². The number of nitrogens with one attached hydrogen (secondary N) is 3. The molecule has 2 heterocycles. The van der Waals surface area contributed by atoms with Gasteiger partial charge < -0.3 is 15.4 Å². The van der Waals surface area contributed by atoms with Crippen molar-refractivity contribution in [2.24, 2.45) is 5.92 Å². The molecule has 0 saturated carbocycles. The predicted molar refractivity (Wildman–Crippen MR) is 96.5 cm³/mol. The van der Waals surface area contributed by atoms with Gasteiger partial charge in [0.05, 0.1) is 11.6 Å². The SMILES string of the molecule is Cc1cc(NC(=O)COc2ccccc2)n(C2NC(=O)C(C)C(C)N2)n1. The number of carbonyl (C=O) groups is 2. The summed E-state index contributed by atoms with van der Waals surface area (Å²) in [5.74, 6) is 0.609. The average Bonchev–Trinajstić information content (AvgIpc) is 2.98. The molecule has 0 spiro atoms. The van der Waals surface area contributed by atoms with Crippen LogP contribution in [0.2, 0.25) is 0 Å². The van der Waals surface area contributed by atoms with Crippen molar-refractivity contribution in [2.75, 3.05) is 11.9 Å². The fraction of sp³-hybridized carbons (Fsp3) is 0.389. The van der Waals surface area contributed by atoms with Crippen molar-refractivity contribution in [1.29, 1.82) is 0 Å². The van der Waals surface area contributed by atoms with Gasteiger partial charge in [-0.3, -0.25) is 14.9 Å². The Morgan fingerprint density at radius 1 is 1.31 bits per heavy atom. The molecule has 1 saturated heterocycles. The van der Waals surface area contributed by atoms with Gasteiger partial charge in [0.2, 0.25) is 5.91 Å². The zero-order chi connectivity index (χ0) is 18.7. The zero-order valence-electron chi connectivity index (χ0n) is 15.0. The van der Waals surface area contributed by atoms with Crippen LogP contribution in [0.25, 0.3) is 0 Å². The number of hydrogen-bond donors (Lipinski definition) is 3. The fourth-order valence-electron chi connectivity index (χ4n) is 2.71. The fourth-order valence-corrected chi connectivity index (χ4v) is 2.71. The lowest BCUT2D eigenvalue weighted by atomic mass is 10.0. The summed E-state index contributed by atoms with van der Waals surface area (Å²) in [5, 5.41) is 13.3.